The molecule has 2 atom stereocenters. The third-order valence-electron chi connectivity index (χ3n) is 4.77. The van der Waals surface area contributed by atoms with Gasteiger partial charge in [-0.25, -0.2) is 0 Å². The number of amides is 1. The van der Waals surface area contributed by atoms with Crippen molar-refractivity contribution in [1.29, 1.82) is 0 Å². The fourth-order valence-corrected chi connectivity index (χ4v) is 3.26. The lowest BCUT2D eigenvalue weighted by Crippen LogP contribution is -2.52. The van der Waals surface area contributed by atoms with Gasteiger partial charge in [-0.15, -0.1) is 0 Å². The van der Waals surface area contributed by atoms with Gasteiger partial charge in [-0.3, -0.25) is 4.79 Å². The largest absolute Gasteiger partial charge is 0.354 e. The van der Waals surface area contributed by atoms with Crippen LogP contribution in [0, 0.1) is 11.8 Å². The molecule has 0 bridgehead atoms. The van der Waals surface area contributed by atoms with Gasteiger partial charge in [-0.1, -0.05) is 13.8 Å². The molecule has 19 heavy (non-hydrogen) atoms. The molecule has 2 aliphatic rings. The summed E-state index contributed by atoms with van der Waals surface area (Å²) in [7, 11) is 0. The summed E-state index contributed by atoms with van der Waals surface area (Å²) in [6, 6.07) is 0.0319. The first-order valence-electron chi connectivity index (χ1n) is 7.94. The highest BCUT2D eigenvalue weighted by Crippen LogP contribution is 2.18. The number of hydrogen-bond acceptors (Lipinski definition) is 3. The maximum atomic E-state index is 12.2. The number of carbonyl (C=O) groups excluding carboxylic acids is 1. The monoisotopic (exact) mass is 267 g/mol. The van der Waals surface area contributed by atoms with E-state index in [-0.39, 0.29) is 11.9 Å². The van der Waals surface area contributed by atoms with Gasteiger partial charge in [0.25, 0.3) is 0 Å². The van der Waals surface area contributed by atoms with Crippen molar-refractivity contribution in [3.63, 3.8) is 0 Å². The predicted molar refractivity (Wildman–Crippen MR) is 78.0 cm³/mol. The summed E-state index contributed by atoms with van der Waals surface area (Å²) in [5, 5.41) is 6.52. The van der Waals surface area contributed by atoms with Gasteiger partial charge in [-0.2, -0.15) is 0 Å². The Hall–Kier alpha value is -0.610. The van der Waals surface area contributed by atoms with Crippen molar-refractivity contribution in [2.75, 3.05) is 32.7 Å². The molecule has 4 nitrogen and oxygen atoms in total. The van der Waals surface area contributed by atoms with Crippen LogP contribution in [0.25, 0.3) is 0 Å². The molecule has 2 aliphatic heterocycles. The number of rotatable bonds is 4. The van der Waals surface area contributed by atoms with Crippen molar-refractivity contribution < 1.29 is 4.79 Å². The lowest BCUT2D eigenvalue weighted by Gasteiger charge is -2.32. The molecule has 0 aromatic rings. The molecule has 0 radical (unpaired) electrons. The van der Waals surface area contributed by atoms with Crippen LogP contribution in [0.4, 0.5) is 0 Å². The van der Waals surface area contributed by atoms with Crippen LogP contribution in [0.5, 0.6) is 0 Å². The van der Waals surface area contributed by atoms with Crippen LogP contribution in [-0.4, -0.2) is 49.6 Å². The molecule has 0 aliphatic carbocycles. The number of nitrogens with zero attached hydrogens (tertiary/aromatic N) is 1. The molecule has 2 unspecified atom stereocenters. The smallest absolute Gasteiger partial charge is 0.237 e. The number of carbonyl (C=O) groups is 1. The van der Waals surface area contributed by atoms with E-state index < -0.39 is 0 Å². The molecule has 110 valence electrons. The second-order valence-corrected chi connectivity index (χ2v) is 6.17. The van der Waals surface area contributed by atoms with Crippen molar-refractivity contribution in [2.24, 2.45) is 11.8 Å². The van der Waals surface area contributed by atoms with E-state index in [2.05, 4.69) is 29.4 Å². The summed E-state index contributed by atoms with van der Waals surface area (Å²) in [5.41, 5.74) is 0. The minimum absolute atomic E-state index is 0.0319. The van der Waals surface area contributed by atoms with E-state index in [1.165, 1.54) is 38.8 Å². The molecule has 2 fully saturated rings. The lowest BCUT2D eigenvalue weighted by molar-refractivity contribution is -0.125. The summed E-state index contributed by atoms with van der Waals surface area (Å²) in [5.74, 6) is 1.35. The van der Waals surface area contributed by atoms with Crippen LogP contribution in [0.1, 0.15) is 39.5 Å². The average Bonchev–Trinajstić information content (AvgIpc) is 2.46. The van der Waals surface area contributed by atoms with Crippen molar-refractivity contribution >= 4 is 5.91 Å². The third-order valence-corrected chi connectivity index (χ3v) is 4.77. The van der Waals surface area contributed by atoms with Crippen LogP contribution in [0.3, 0.4) is 0 Å². The standard InChI is InChI=1S/C15H29N3O/c1-3-18-9-6-13(7-10-18)11-17-15(19)14-12(2)5-4-8-16-14/h12-14,16H,3-11H2,1-2H3,(H,17,19). The Morgan fingerprint density at radius 2 is 2.05 bits per heavy atom. The SMILES string of the molecule is CCN1CCC(CNC(=O)C2NCCCC2C)CC1. The Labute approximate surface area is 117 Å². The summed E-state index contributed by atoms with van der Waals surface area (Å²) in [6.07, 6.45) is 4.81. The number of nitrogens with one attached hydrogen (secondary N) is 2. The Bertz CT molecular complexity index is 287. The average molecular weight is 267 g/mol. The Balaban J connectivity index is 1.69. The van der Waals surface area contributed by atoms with E-state index in [9.17, 15) is 4.79 Å². The van der Waals surface area contributed by atoms with Crippen molar-refractivity contribution in [1.82, 2.24) is 15.5 Å². The molecule has 0 aromatic carbocycles. The minimum Gasteiger partial charge on any atom is -0.354 e. The summed E-state index contributed by atoms with van der Waals surface area (Å²) < 4.78 is 0. The lowest BCUT2D eigenvalue weighted by atomic mass is 9.91. The van der Waals surface area contributed by atoms with Crippen LogP contribution < -0.4 is 10.6 Å². The van der Waals surface area contributed by atoms with Crippen LogP contribution in [0.2, 0.25) is 0 Å². The van der Waals surface area contributed by atoms with Gasteiger partial charge >= 0.3 is 0 Å². The van der Waals surface area contributed by atoms with E-state index >= 15 is 0 Å². The fraction of sp³-hybridized carbons (Fsp3) is 0.933. The molecular formula is C15H29N3O. The summed E-state index contributed by atoms with van der Waals surface area (Å²) >= 11 is 0. The van der Waals surface area contributed by atoms with Crippen molar-refractivity contribution in [3.05, 3.63) is 0 Å². The molecule has 2 N–H and O–H groups in total. The van der Waals surface area contributed by atoms with E-state index in [1.807, 2.05) is 0 Å². The fourth-order valence-electron chi connectivity index (χ4n) is 3.26. The zero-order valence-electron chi connectivity index (χ0n) is 12.5. The number of likely N-dealkylation sites (tertiary alicyclic amines) is 1. The highest BCUT2D eigenvalue weighted by molar-refractivity contribution is 5.82. The van der Waals surface area contributed by atoms with Crippen molar-refractivity contribution in [2.45, 2.75) is 45.6 Å². The Kier molecular flexibility index (Phi) is 5.64. The second-order valence-electron chi connectivity index (χ2n) is 6.17. The van der Waals surface area contributed by atoms with Gasteiger partial charge in [0.05, 0.1) is 6.04 Å². The first kappa shape index (κ1) is 14.8. The number of hydrogen-bond donors (Lipinski definition) is 2. The number of piperidine rings is 2. The Morgan fingerprint density at radius 1 is 1.32 bits per heavy atom. The molecule has 2 saturated heterocycles. The van der Waals surface area contributed by atoms with Crippen LogP contribution in [0.15, 0.2) is 0 Å². The van der Waals surface area contributed by atoms with E-state index in [4.69, 9.17) is 0 Å². The molecular weight excluding hydrogens is 238 g/mol. The molecule has 4 heteroatoms. The summed E-state index contributed by atoms with van der Waals surface area (Å²) in [6.45, 7) is 9.78. The predicted octanol–water partition coefficient (Wildman–Crippen LogP) is 1.22. The van der Waals surface area contributed by atoms with E-state index in [0.29, 0.717) is 11.8 Å². The molecule has 2 rings (SSSR count). The zero-order chi connectivity index (χ0) is 13.7. The topological polar surface area (TPSA) is 44.4 Å². The molecule has 0 saturated carbocycles. The first-order chi connectivity index (χ1) is 9.20. The first-order valence-corrected chi connectivity index (χ1v) is 7.94. The van der Waals surface area contributed by atoms with Gasteiger partial charge in [0.1, 0.15) is 0 Å². The van der Waals surface area contributed by atoms with E-state index in [0.717, 1.165) is 19.6 Å². The normalized spacial score (nSPS) is 30.2. The maximum Gasteiger partial charge on any atom is 0.237 e. The second kappa shape index (κ2) is 7.25. The van der Waals surface area contributed by atoms with Gasteiger partial charge < -0.3 is 15.5 Å². The molecule has 1 amide bonds. The van der Waals surface area contributed by atoms with Gasteiger partial charge in [0.15, 0.2) is 0 Å². The van der Waals surface area contributed by atoms with Crippen LogP contribution >= 0.6 is 0 Å². The maximum absolute atomic E-state index is 12.2. The third kappa shape index (κ3) is 4.18. The summed E-state index contributed by atoms with van der Waals surface area (Å²) in [4.78, 5) is 14.7. The highest BCUT2D eigenvalue weighted by atomic mass is 16.2. The van der Waals surface area contributed by atoms with Gasteiger partial charge in [0.2, 0.25) is 5.91 Å². The molecule has 0 spiro atoms. The van der Waals surface area contributed by atoms with Crippen LogP contribution in [-0.2, 0) is 4.79 Å². The van der Waals surface area contributed by atoms with Crippen molar-refractivity contribution in [3.8, 4) is 0 Å². The zero-order valence-corrected chi connectivity index (χ0v) is 12.5. The van der Waals surface area contributed by atoms with Gasteiger partial charge in [-0.05, 0) is 63.7 Å². The quantitative estimate of drug-likeness (QED) is 0.805. The van der Waals surface area contributed by atoms with Gasteiger partial charge in [0, 0.05) is 6.54 Å². The van der Waals surface area contributed by atoms with E-state index in [1.54, 1.807) is 0 Å². The molecule has 2 heterocycles. The highest BCUT2D eigenvalue weighted by Gasteiger charge is 2.28. The Morgan fingerprint density at radius 3 is 2.68 bits per heavy atom. The minimum atomic E-state index is 0.0319. The molecule has 0 aromatic heterocycles.